The lowest BCUT2D eigenvalue weighted by Crippen LogP contribution is -2.04. The van der Waals surface area contributed by atoms with Crippen molar-refractivity contribution in [2.24, 2.45) is 5.92 Å². The summed E-state index contributed by atoms with van der Waals surface area (Å²) in [7, 11) is 0. The average molecular weight is 307 g/mol. The molecule has 1 nitrogen and oxygen atoms in total. The summed E-state index contributed by atoms with van der Waals surface area (Å²) in [5, 5.41) is 0.766. The van der Waals surface area contributed by atoms with Gasteiger partial charge in [-0.1, -0.05) is 67.4 Å². The molecule has 0 fully saturated rings. The fourth-order valence-corrected chi connectivity index (χ4v) is 2.69. The number of rotatable bonds is 4. The Kier molecular flexibility index (Phi) is 4.85. The molecule has 3 heteroatoms. The lowest BCUT2D eigenvalue weighted by molar-refractivity contribution is 0.103. The van der Waals surface area contributed by atoms with Crippen molar-refractivity contribution in [3.05, 3.63) is 69.2 Å². The van der Waals surface area contributed by atoms with Crippen LogP contribution in [0.15, 0.2) is 42.5 Å². The number of halogens is 2. The molecular formula is C17H16Cl2O. The van der Waals surface area contributed by atoms with Crippen molar-refractivity contribution < 1.29 is 4.79 Å². The largest absolute Gasteiger partial charge is 0.288 e. The zero-order valence-electron chi connectivity index (χ0n) is 11.5. The summed E-state index contributed by atoms with van der Waals surface area (Å²) in [6.45, 7) is 4.34. The Bertz CT molecular complexity index is 595. The van der Waals surface area contributed by atoms with E-state index in [1.54, 1.807) is 18.2 Å². The number of ketones is 1. The Labute approximate surface area is 129 Å². The van der Waals surface area contributed by atoms with Gasteiger partial charge < -0.3 is 0 Å². The number of carbonyl (C=O) groups is 1. The van der Waals surface area contributed by atoms with Crippen molar-refractivity contribution in [1.29, 1.82) is 0 Å². The second-order valence-corrected chi connectivity index (χ2v) is 6.04. The third-order valence-electron chi connectivity index (χ3n) is 3.05. The molecular weight excluding hydrogens is 291 g/mol. The minimum absolute atomic E-state index is 0.142. The van der Waals surface area contributed by atoms with Gasteiger partial charge in [-0.3, -0.25) is 4.79 Å². The van der Waals surface area contributed by atoms with Gasteiger partial charge in [0, 0.05) is 5.56 Å². The SMILES string of the molecule is CC(C)Cc1ccc(C(=O)c2c(Cl)cccc2Cl)cc1. The fourth-order valence-electron chi connectivity index (χ4n) is 2.12. The maximum absolute atomic E-state index is 12.5. The fraction of sp³-hybridized carbons (Fsp3) is 0.235. The van der Waals surface area contributed by atoms with Crippen molar-refractivity contribution in [3.8, 4) is 0 Å². The van der Waals surface area contributed by atoms with Crippen molar-refractivity contribution in [1.82, 2.24) is 0 Å². The van der Waals surface area contributed by atoms with Crippen molar-refractivity contribution in [2.45, 2.75) is 20.3 Å². The molecule has 2 aromatic rings. The van der Waals surface area contributed by atoms with Gasteiger partial charge in [0.15, 0.2) is 5.78 Å². The molecule has 0 aliphatic heterocycles. The molecule has 0 aromatic heterocycles. The minimum Gasteiger partial charge on any atom is -0.288 e. The van der Waals surface area contributed by atoms with Gasteiger partial charge in [0.1, 0.15) is 0 Å². The molecule has 0 aliphatic rings. The maximum atomic E-state index is 12.5. The number of hydrogen-bond donors (Lipinski definition) is 0. The molecule has 0 heterocycles. The summed E-state index contributed by atoms with van der Waals surface area (Å²) in [5.74, 6) is 0.450. The van der Waals surface area contributed by atoms with Crippen molar-refractivity contribution in [2.75, 3.05) is 0 Å². The standard InChI is InChI=1S/C17H16Cl2O/c1-11(2)10-12-6-8-13(9-7-12)17(20)16-14(18)4-3-5-15(16)19/h3-9,11H,10H2,1-2H3. The molecule has 0 unspecified atom stereocenters. The van der Waals surface area contributed by atoms with Gasteiger partial charge in [0.05, 0.1) is 15.6 Å². The molecule has 104 valence electrons. The summed E-state index contributed by atoms with van der Waals surface area (Å²) in [5.41, 5.74) is 2.20. The molecule has 20 heavy (non-hydrogen) atoms. The van der Waals surface area contributed by atoms with Crippen LogP contribution in [-0.2, 0) is 6.42 Å². The van der Waals surface area contributed by atoms with Gasteiger partial charge >= 0.3 is 0 Å². The Morgan fingerprint density at radius 3 is 2.05 bits per heavy atom. The summed E-state index contributed by atoms with van der Waals surface area (Å²) in [6.07, 6.45) is 1.00. The molecule has 0 saturated carbocycles. The van der Waals surface area contributed by atoms with Crippen LogP contribution in [0.4, 0.5) is 0 Å². The third-order valence-corrected chi connectivity index (χ3v) is 3.68. The van der Waals surface area contributed by atoms with Crippen molar-refractivity contribution in [3.63, 3.8) is 0 Å². The highest BCUT2D eigenvalue weighted by molar-refractivity contribution is 6.41. The molecule has 0 spiro atoms. The van der Waals surface area contributed by atoms with E-state index in [1.165, 1.54) is 5.56 Å². The van der Waals surface area contributed by atoms with Gasteiger partial charge in [-0.05, 0) is 30.0 Å². The van der Waals surface area contributed by atoms with Crippen molar-refractivity contribution >= 4 is 29.0 Å². The monoisotopic (exact) mass is 306 g/mol. The van der Waals surface area contributed by atoms with Crippen LogP contribution in [0.5, 0.6) is 0 Å². The Morgan fingerprint density at radius 1 is 1.00 bits per heavy atom. The van der Waals surface area contributed by atoms with E-state index in [9.17, 15) is 4.79 Å². The van der Waals surface area contributed by atoms with E-state index in [0.717, 1.165) is 6.42 Å². The van der Waals surface area contributed by atoms with Gasteiger partial charge in [-0.2, -0.15) is 0 Å². The zero-order valence-corrected chi connectivity index (χ0v) is 13.0. The highest BCUT2D eigenvalue weighted by Gasteiger charge is 2.16. The molecule has 0 atom stereocenters. The highest BCUT2D eigenvalue weighted by Crippen LogP contribution is 2.27. The maximum Gasteiger partial charge on any atom is 0.196 e. The average Bonchev–Trinajstić information content (AvgIpc) is 2.38. The van der Waals surface area contributed by atoms with Crippen LogP contribution in [0.3, 0.4) is 0 Å². The van der Waals surface area contributed by atoms with Crippen LogP contribution in [0.1, 0.15) is 35.3 Å². The van der Waals surface area contributed by atoms with Crippen LogP contribution in [0.2, 0.25) is 10.0 Å². The molecule has 2 rings (SSSR count). The number of benzene rings is 2. The lowest BCUT2D eigenvalue weighted by Gasteiger charge is -2.08. The number of carbonyl (C=O) groups excluding carboxylic acids is 1. The van der Waals surface area contributed by atoms with Crippen LogP contribution in [0, 0.1) is 5.92 Å². The van der Waals surface area contributed by atoms with Crippen LogP contribution < -0.4 is 0 Å². The normalized spacial score (nSPS) is 10.8. The third kappa shape index (κ3) is 3.41. The predicted octanol–water partition coefficient (Wildman–Crippen LogP) is 5.42. The summed E-state index contributed by atoms with van der Waals surface area (Å²) in [6, 6.07) is 12.7. The van der Waals surface area contributed by atoms with E-state index in [2.05, 4.69) is 13.8 Å². The Morgan fingerprint density at radius 2 is 1.55 bits per heavy atom. The first-order chi connectivity index (χ1) is 9.49. The van der Waals surface area contributed by atoms with E-state index < -0.39 is 0 Å². The van der Waals surface area contributed by atoms with E-state index in [1.807, 2.05) is 24.3 Å². The zero-order chi connectivity index (χ0) is 14.7. The second kappa shape index (κ2) is 6.43. The van der Waals surface area contributed by atoms with Gasteiger partial charge in [-0.15, -0.1) is 0 Å². The van der Waals surface area contributed by atoms with Crippen LogP contribution in [0.25, 0.3) is 0 Å². The first-order valence-electron chi connectivity index (χ1n) is 6.56. The van der Waals surface area contributed by atoms with Gasteiger partial charge in [0.2, 0.25) is 0 Å². The molecule has 2 aromatic carbocycles. The minimum atomic E-state index is -0.142. The number of hydrogen-bond acceptors (Lipinski definition) is 1. The Balaban J connectivity index is 2.30. The predicted molar refractivity (Wildman–Crippen MR) is 84.9 cm³/mol. The topological polar surface area (TPSA) is 17.1 Å². The van der Waals surface area contributed by atoms with Crippen LogP contribution >= 0.6 is 23.2 Å². The van der Waals surface area contributed by atoms with Gasteiger partial charge in [0.25, 0.3) is 0 Å². The van der Waals surface area contributed by atoms with E-state index >= 15 is 0 Å². The summed E-state index contributed by atoms with van der Waals surface area (Å²) in [4.78, 5) is 12.5. The Hall–Kier alpha value is -1.31. The molecule has 0 N–H and O–H groups in total. The second-order valence-electron chi connectivity index (χ2n) is 5.22. The molecule has 0 bridgehead atoms. The summed E-state index contributed by atoms with van der Waals surface area (Å²) < 4.78 is 0. The summed E-state index contributed by atoms with van der Waals surface area (Å²) >= 11 is 12.1. The molecule has 0 aliphatic carbocycles. The first-order valence-corrected chi connectivity index (χ1v) is 7.32. The lowest BCUT2D eigenvalue weighted by atomic mass is 9.98. The first kappa shape index (κ1) is 15.1. The quantitative estimate of drug-likeness (QED) is 0.689. The molecule has 0 amide bonds. The van der Waals surface area contributed by atoms with E-state index in [-0.39, 0.29) is 5.78 Å². The molecule has 0 saturated heterocycles. The highest BCUT2D eigenvalue weighted by atomic mass is 35.5. The van der Waals surface area contributed by atoms with Crippen LogP contribution in [-0.4, -0.2) is 5.78 Å². The van der Waals surface area contributed by atoms with Gasteiger partial charge in [-0.25, -0.2) is 0 Å². The molecule has 0 radical (unpaired) electrons. The smallest absolute Gasteiger partial charge is 0.196 e. The van der Waals surface area contributed by atoms with E-state index in [4.69, 9.17) is 23.2 Å². The van der Waals surface area contributed by atoms with E-state index in [0.29, 0.717) is 27.1 Å².